The Bertz CT molecular complexity index is 340. The van der Waals surface area contributed by atoms with E-state index < -0.39 is 10.2 Å². The average molecular weight is 219 g/mol. The molecule has 0 aliphatic carbocycles. The first-order valence-electron chi connectivity index (χ1n) is 4.79. The molecule has 2 N–H and O–H groups in total. The predicted molar refractivity (Wildman–Crippen MR) is 54.1 cm³/mol. The van der Waals surface area contributed by atoms with Gasteiger partial charge >= 0.3 is 0 Å². The van der Waals surface area contributed by atoms with Crippen molar-refractivity contribution in [1.82, 2.24) is 14.3 Å². The molecule has 0 saturated carbocycles. The molecule has 0 aromatic heterocycles. The van der Waals surface area contributed by atoms with Gasteiger partial charge in [0.25, 0.3) is 10.2 Å². The number of hydrogen-bond donors (Lipinski definition) is 2. The maximum absolute atomic E-state index is 11.8. The van der Waals surface area contributed by atoms with Crippen molar-refractivity contribution in [3.8, 4) is 0 Å². The summed E-state index contributed by atoms with van der Waals surface area (Å²) in [6.45, 7) is 7.81. The van der Waals surface area contributed by atoms with Crippen LogP contribution in [-0.4, -0.2) is 43.4 Å². The van der Waals surface area contributed by atoms with E-state index in [4.69, 9.17) is 0 Å². The largest absolute Gasteiger partial charge is 0.313 e. The van der Waals surface area contributed by atoms with E-state index in [1.54, 1.807) is 4.31 Å². The van der Waals surface area contributed by atoms with E-state index in [0.29, 0.717) is 6.54 Å². The van der Waals surface area contributed by atoms with Gasteiger partial charge in [-0.25, -0.2) is 4.72 Å². The summed E-state index contributed by atoms with van der Waals surface area (Å²) < 4.78 is 27.8. The summed E-state index contributed by atoms with van der Waals surface area (Å²) in [5.74, 6) is 0. The fourth-order valence-electron chi connectivity index (χ4n) is 2.37. The average Bonchev–Trinajstić information content (AvgIpc) is 2.18. The van der Waals surface area contributed by atoms with Gasteiger partial charge in [0.2, 0.25) is 0 Å². The molecule has 82 valence electrons. The summed E-state index contributed by atoms with van der Waals surface area (Å²) >= 11 is 0. The van der Waals surface area contributed by atoms with Crippen molar-refractivity contribution < 1.29 is 8.42 Å². The Balaban J connectivity index is 2.41. The second kappa shape index (κ2) is 2.69. The molecule has 2 aliphatic rings. The molecular formula is C8H17N3O2S. The van der Waals surface area contributed by atoms with E-state index in [0.717, 1.165) is 13.1 Å². The van der Waals surface area contributed by atoms with E-state index in [9.17, 15) is 8.42 Å². The van der Waals surface area contributed by atoms with Crippen LogP contribution in [0.15, 0.2) is 0 Å². The molecule has 2 heterocycles. The van der Waals surface area contributed by atoms with Gasteiger partial charge in [-0.3, -0.25) is 0 Å². The van der Waals surface area contributed by atoms with Gasteiger partial charge in [-0.2, -0.15) is 12.7 Å². The first-order chi connectivity index (χ1) is 6.28. The summed E-state index contributed by atoms with van der Waals surface area (Å²) in [6, 6.07) is 0. The molecule has 0 unspecified atom stereocenters. The molecule has 14 heavy (non-hydrogen) atoms. The Kier molecular flexibility index (Phi) is 1.99. The fourth-order valence-corrected chi connectivity index (χ4v) is 4.38. The molecule has 0 radical (unpaired) electrons. The van der Waals surface area contributed by atoms with E-state index in [2.05, 4.69) is 10.0 Å². The van der Waals surface area contributed by atoms with Gasteiger partial charge in [0, 0.05) is 25.2 Å². The Morgan fingerprint density at radius 3 is 2.07 bits per heavy atom. The second-order valence-electron chi connectivity index (χ2n) is 5.09. The molecule has 1 spiro atoms. The molecule has 0 atom stereocenters. The lowest BCUT2D eigenvalue weighted by Gasteiger charge is -2.49. The lowest BCUT2D eigenvalue weighted by atomic mass is 9.89. The highest BCUT2D eigenvalue weighted by molar-refractivity contribution is 7.87. The number of nitrogens with one attached hydrogen (secondary N) is 2. The van der Waals surface area contributed by atoms with Crippen LogP contribution in [-0.2, 0) is 10.2 Å². The molecule has 0 aromatic carbocycles. The lowest BCUT2D eigenvalue weighted by Crippen LogP contribution is -2.71. The quantitative estimate of drug-likeness (QED) is 0.565. The van der Waals surface area contributed by atoms with Gasteiger partial charge in [-0.1, -0.05) is 0 Å². The van der Waals surface area contributed by atoms with Crippen molar-refractivity contribution in [2.24, 2.45) is 0 Å². The smallest absolute Gasteiger partial charge is 0.280 e. The topological polar surface area (TPSA) is 61.4 Å². The van der Waals surface area contributed by atoms with Crippen LogP contribution in [0.5, 0.6) is 0 Å². The number of rotatable bonds is 0. The molecule has 0 bridgehead atoms. The highest BCUT2D eigenvalue weighted by Crippen LogP contribution is 2.35. The molecule has 2 fully saturated rings. The van der Waals surface area contributed by atoms with Crippen molar-refractivity contribution in [2.45, 2.75) is 31.8 Å². The minimum absolute atomic E-state index is 0.225. The first-order valence-corrected chi connectivity index (χ1v) is 6.23. The van der Waals surface area contributed by atoms with Gasteiger partial charge < -0.3 is 5.32 Å². The van der Waals surface area contributed by atoms with Crippen molar-refractivity contribution in [2.75, 3.05) is 19.6 Å². The summed E-state index contributed by atoms with van der Waals surface area (Å²) in [5.41, 5.74) is -0.582. The Morgan fingerprint density at radius 1 is 1.21 bits per heavy atom. The summed E-state index contributed by atoms with van der Waals surface area (Å²) in [7, 11) is -3.27. The van der Waals surface area contributed by atoms with Crippen molar-refractivity contribution >= 4 is 10.2 Å². The summed E-state index contributed by atoms with van der Waals surface area (Å²) in [4.78, 5) is 0. The maximum atomic E-state index is 11.8. The van der Waals surface area contributed by atoms with Crippen molar-refractivity contribution in [3.05, 3.63) is 0 Å². The predicted octanol–water partition coefficient (Wildman–Crippen LogP) is -0.723. The van der Waals surface area contributed by atoms with E-state index in [1.165, 1.54) is 0 Å². The van der Waals surface area contributed by atoms with Crippen molar-refractivity contribution in [3.63, 3.8) is 0 Å². The third kappa shape index (κ3) is 1.29. The van der Waals surface area contributed by atoms with Crippen LogP contribution in [0, 0.1) is 0 Å². The van der Waals surface area contributed by atoms with Crippen LogP contribution in [0.4, 0.5) is 0 Å². The Hall–Kier alpha value is -0.170. The lowest BCUT2D eigenvalue weighted by molar-refractivity contribution is 0.0715. The molecular weight excluding hydrogens is 202 g/mol. The molecule has 2 saturated heterocycles. The monoisotopic (exact) mass is 219 g/mol. The molecule has 2 aliphatic heterocycles. The third-order valence-corrected chi connectivity index (χ3v) is 4.70. The van der Waals surface area contributed by atoms with Crippen LogP contribution in [0.1, 0.15) is 20.8 Å². The molecule has 2 rings (SSSR count). The molecule has 5 nitrogen and oxygen atoms in total. The minimum Gasteiger partial charge on any atom is -0.313 e. The molecule has 0 amide bonds. The first kappa shape index (κ1) is 10.4. The Morgan fingerprint density at radius 2 is 1.79 bits per heavy atom. The highest BCUT2D eigenvalue weighted by atomic mass is 32.2. The molecule has 0 aromatic rings. The van der Waals surface area contributed by atoms with Crippen molar-refractivity contribution in [1.29, 1.82) is 0 Å². The van der Waals surface area contributed by atoms with Gasteiger partial charge in [-0.05, 0) is 20.8 Å². The SMILES string of the molecule is CC(C)(C)N1C2(CNC2)CNS1(=O)=O. The number of hydrogen-bond acceptors (Lipinski definition) is 3. The highest BCUT2D eigenvalue weighted by Gasteiger charge is 2.57. The minimum atomic E-state index is -3.27. The normalized spacial score (nSPS) is 30.5. The van der Waals surface area contributed by atoms with Crippen LogP contribution < -0.4 is 10.0 Å². The van der Waals surface area contributed by atoms with Crippen LogP contribution >= 0.6 is 0 Å². The summed E-state index contributed by atoms with van der Waals surface area (Å²) in [5, 5.41) is 3.14. The van der Waals surface area contributed by atoms with E-state index in [-0.39, 0.29) is 11.1 Å². The van der Waals surface area contributed by atoms with Gasteiger partial charge in [0.1, 0.15) is 0 Å². The van der Waals surface area contributed by atoms with Gasteiger partial charge in [-0.15, -0.1) is 0 Å². The van der Waals surface area contributed by atoms with Crippen LogP contribution in [0.3, 0.4) is 0 Å². The van der Waals surface area contributed by atoms with E-state index >= 15 is 0 Å². The van der Waals surface area contributed by atoms with E-state index in [1.807, 2.05) is 20.8 Å². The number of nitrogens with zero attached hydrogens (tertiary/aromatic N) is 1. The van der Waals surface area contributed by atoms with Crippen LogP contribution in [0.2, 0.25) is 0 Å². The zero-order valence-electron chi connectivity index (χ0n) is 8.79. The maximum Gasteiger partial charge on any atom is 0.280 e. The third-order valence-electron chi connectivity index (χ3n) is 2.77. The second-order valence-corrected chi connectivity index (χ2v) is 6.69. The fraction of sp³-hybridized carbons (Fsp3) is 1.00. The zero-order chi connectivity index (χ0) is 10.6. The zero-order valence-corrected chi connectivity index (χ0v) is 9.61. The molecule has 6 heteroatoms. The van der Waals surface area contributed by atoms with Gasteiger partial charge in [0.15, 0.2) is 0 Å². The van der Waals surface area contributed by atoms with Crippen LogP contribution in [0.25, 0.3) is 0 Å². The summed E-state index contributed by atoms with van der Waals surface area (Å²) in [6.07, 6.45) is 0. The standard InChI is InChI=1S/C8H17N3O2S/c1-7(2,3)11-8(4-9-5-8)6-10-14(11,12)13/h9-10H,4-6H2,1-3H3. The van der Waals surface area contributed by atoms with Gasteiger partial charge in [0.05, 0.1) is 5.54 Å². The Labute approximate surface area is 85.0 Å².